The Balaban J connectivity index is 2.12. The lowest BCUT2D eigenvalue weighted by Crippen LogP contribution is -2.38. The van der Waals surface area contributed by atoms with E-state index in [4.69, 9.17) is 0 Å². The molecule has 1 aliphatic rings. The van der Waals surface area contributed by atoms with E-state index >= 15 is 0 Å². The number of anilines is 1. The first-order valence-electron chi connectivity index (χ1n) is 6.17. The molecule has 0 radical (unpaired) electrons. The SMILES string of the molecule is CCNCc1cncnc1N1CCSC(C)C1. The van der Waals surface area contributed by atoms with Crippen molar-refractivity contribution in [1.29, 1.82) is 0 Å². The van der Waals surface area contributed by atoms with Crippen molar-refractivity contribution in [2.75, 3.05) is 30.3 Å². The zero-order valence-corrected chi connectivity index (χ0v) is 11.3. The summed E-state index contributed by atoms with van der Waals surface area (Å²) >= 11 is 2.04. The molecule has 1 aromatic rings. The maximum atomic E-state index is 4.46. The van der Waals surface area contributed by atoms with Crippen LogP contribution < -0.4 is 10.2 Å². The van der Waals surface area contributed by atoms with E-state index in [-0.39, 0.29) is 0 Å². The molecule has 2 heterocycles. The fraction of sp³-hybridized carbons (Fsp3) is 0.667. The van der Waals surface area contributed by atoms with Gasteiger partial charge < -0.3 is 10.2 Å². The molecule has 1 aromatic heterocycles. The first-order chi connectivity index (χ1) is 8.31. The summed E-state index contributed by atoms with van der Waals surface area (Å²) in [7, 11) is 0. The van der Waals surface area contributed by atoms with Gasteiger partial charge in [0, 0.05) is 42.4 Å². The molecule has 1 atom stereocenters. The molecule has 0 bridgehead atoms. The number of hydrogen-bond donors (Lipinski definition) is 1. The van der Waals surface area contributed by atoms with Gasteiger partial charge in [-0.05, 0) is 6.54 Å². The van der Waals surface area contributed by atoms with Crippen LogP contribution in [-0.2, 0) is 6.54 Å². The second kappa shape index (κ2) is 6.21. The van der Waals surface area contributed by atoms with E-state index in [9.17, 15) is 0 Å². The van der Waals surface area contributed by atoms with Crippen molar-refractivity contribution in [3.63, 3.8) is 0 Å². The molecule has 0 aromatic carbocycles. The van der Waals surface area contributed by atoms with Gasteiger partial charge in [-0.15, -0.1) is 0 Å². The van der Waals surface area contributed by atoms with Gasteiger partial charge >= 0.3 is 0 Å². The predicted octanol–water partition coefficient (Wildman–Crippen LogP) is 1.53. The second-order valence-corrected chi connectivity index (χ2v) is 5.83. The predicted molar refractivity (Wildman–Crippen MR) is 73.5 cm³/mol. The van der Waals surface area contributed by atoms with E-state index < -0.39 is 0 Å². The summed E-state index contributed by atoms with van der Waals surface area (Å²) in [5.41, 5.74) is 1.20. The third-order valence-electron chi connectivity index (χ3n) is 2.87. The minimum Gasteiger partial charge on any atom is -0.354 e. The van der Waals surface area contributed by atoms with E-state index in [1.807, 2.05) is 18.0 Å². The number of hydrogen-bond acceptors (Lipinski definition) is 5. The largest absolute Gasteiger partial charge is 0.354 e. The Morgan fingerprint density at radius 1 is 1.59 bits per heavy atom. The summed E-state index contributed by atoms with van der Waals surface area (Å²) in [5, 5.41) is 4.03. The lowest BCUT2D eigenvalue weighted by molar-refractivity contribution is 0.704. The fourth-order valence-electron chi connectivity index (χ4n) is 2.03. The zero-order valence-electron chi connectivity index (χ0n) is 10.5. The Morgan fingerprint density at radius 3 is 3.24 bits per heavy atom. The molecule has 2 rings (SSSR count). The van der Waals surface area contributed by atoms with Gasteiger partial charge in [0.25, 0.3) is 0 Å². The van der Waals surface area contributed by atoms with Crippen molar-refractivity contribution in [2.24, 2.45) is 0 Å². The van der Waals surface area contributed by atoms with Crippen molar-refractivity contribution >= 4 is 17.6 Å². The molecule has 1 fully saturated rings. The summed E-state index contributed by atoms with van der Waals surface area (Å²) < 4.78 is 0. The van der Waals surface area contributed by atoms with E-state index in [1.54, 1.807) is 6.33 Å². The monoisotopic (exact) mass is 252 g/mol. The standard InChI is InChI=1S/C12H20N4S/c1-3-13-6-11-7-14-9-15-12(11)16-4-5-17-10(2)8-16/h7,9-10,13H,3-6,8H2,1-2H3. The summed E-state index contributed by atoms with van der Waals surface area (Å²) in [6.45, 7) is 8.39. The van der Waals surface area contributed by atoms with Crippen molar-refractivity contribution in [3.05, 3.63) is 18.1 Å². The van der Waals surface area contributed by atoms with Crippen molar-refractivity contribution in [1.82, 2.24) is 15.3 Å². The highest BCUT2D eigenvalue weighted by molar-refractivity contribution is 8.00. The molecule has 0 saturated carbocycles. The Bertz CT molecular complexity index is 358. The van der Waals surface area contributed by atoms with Crippen LogP contribution in [0, 0.1) is 0 Å². The van der Waals surface area contributed by atoms with Gasteiger partial charge in [0.2, 0.25) is 0 Å². The van der Waals surface area contributed by atoms with Crippen LogP contribution in [0.25, 0.3) is 0 Å². The molecule has 4 nitrogen and oxygen atoms in total. The molecule has 94 valence electrons. The van der Waals surface area contributed by atoms with E-state index in [0.717, 1.165) is 32.0 Å². The van der Waals surface area contributed by atoms with Crippen LogP contribution in [0.1, 0.15) is 19.4 Å². The quantitative estimate of drug-likeness (QED) is 0.880. The Morgan fingerprint density at radius 2 is 2.47 bits per heavy atom. The van der Waals surface area contributed by atoms with Gasteiger partial charge in [-0.25, -0.2) is 9.97 Å². The summed E-state index contributed by atoms with van der Waals surface area (Å²) in [6.07, 6.45) is 3.58. The van der Waals surface area contributed by atoms with E-state index in [0.29, 0.717) is 5.25 Å². The van der Waals surface area contributed by atoms with Gasteiger partial charge in [0.05, 0.1) is 0 Å². The number of thioether (sulfide) groups is 1. The minimum absolute atomic E-state index is 0.686. The Kier molecular flexibility index (Phi) is 4.62. The molecule has 0 amide bonds. The van der Waals surface area contributed by atoms with Crippen LogP contribution in [0.4, 0.5) is 5.82 Å². The highest BCUT2D eigenvalue weighted by Crippen LogP contribution is 2.24. The maximum Gasteiger partial charge on any atom is 0.136 e. The van der Waals surface area contributed by atoms with Crippen molar-refractivity contribution in [2.45, 2.75) is 25.6 Å². The molecule has 1 N–H and O–H groups in total. The molecular weight excluding hydrogens is 232 g/mol. The first kappa shape index (κ1) is 12.6. The number of nitrogens with one attached hydrogen (secondary N) is 1. The molecular formula is C12H20N4S. The van der Waals surface area contributed by atoms with Crippen LogP contribution in [-0.4, -0.2) is 40.6 Å². The lowest BCUT2D eigenvalue weighted by atomic mass is 10.2. The zero-order chi connectivity index (χ0) is 12.1. The Hall–Kier alpha value is -0.810. The smallest absolute Gasteiger partial charge is 0.136 e. The van der Waals surface area contributed by atoms with Gasteiger partial charge in [-0.3, -0.25) is 0 Å². The first-order valence-corrected chi connectivity index (χ1v) is 7.22. The minimum atomic E-state index is 0.686. The van der Waals surface area contributed by atoms with Crippen LogP contribution >= 0.6 is 11.8 Å². The number of nitrogens with zero attached hydrogens (tertiary/aromatic N) is 3. The maximum absolute atomic E-state index is 4.46. The average Bonchev–Trinajstić information content (AvgIpc) is 2.37. The molecule has 17 heavy (non-hydrogen) atoms. The molecule has 1 saturated heterocycles. The molecule has 0 spiro atoms. The number of aromatic nitrogens is 2. The highest BCUT2D eigenvalue weighted by atomic mass is 32.2. The number of rotatable bonds is 4. The van der Waals surface area contributed by atoms with Crippen LogP contribution in [0.15, 0.2) is 12.5 Å². The Labute approximate surface area is 107 Å². The van der Waals surface area contributed by atoms with Crippen LogP contribution in [0.5, 0.6) is 0 Å². The topological polar surface area (TPSA) is 41.1 Å². The van der Waals surface area contributed by atoms with Crippen LogP contribution in [0.2, 0.25) is 0 Å². The highest BCUT2D eigenvalue weighted by Gasteiger charge is 2.20. The molecule has 0 aliphatic carbocycles. The van der Waals surface area contributed by atoms with Gasteiger partial charge in [0.1, 0.15) is 12.1 Å². The average molecular weight is 252 g/mol. The van der Waals surface area contributed by atoms with E-state index in [1.165, 1.54) is 11.3 Å². The van der Waals surface area contributed by atoms with Gasteiger partial charge in [-0.1, -0.05) is 13.8 Å². The second-order valence-electron chi connectivity index (χ2n) is 4.28. The van der Waals surface area contributed by atoms with Crippen molar-refractivity contribution in [3.8, 4) is 0 Å². The summed E-state index contributed by atoms with van der Waals surface area (Å²) in [4.78, 5) is 11.0. The summed E-state index contributed by atoms with van der Waals surface area (Å²) in [6, 6.07) is 0. The third kappa shape index (κ3) is 3.33. The fourth-order valence-corrected chi connectivity index (χ4v) is 3.05. The lowest BCUT2D eigenvalue weighted by Gasteiger charge is -2.32. The normalized spacial score (nSPS) is 20.6. The molecule has 1 unspecified atom stereocenters. The third-order valence-corrected chi connectivity index (χ3v) is 4.01. The summed E-state index contributed by atoms with van der Waals surface area (Å²) in [5.74, 6) is 2.29. The molecule has 1 aliphatic heterocycles. The van der Waals surface area contributed by atoms with E-state index in [2.05, 4.69) is 34.0 Å². The van der Waals surface area contributed by atoms with Gasteiger partial charge in [0.15, 0.2) is 0 Å². The molecule has 5 heteroatoms. The van der Waals surface area contributed by atoms with Crippen molar-refractivity contribution < 1.29 is 0 Å². The van der Waals surface area contributed by atoms with Crippen LogP contribution in [0.3, 0.4) is 0 Å². The van der Waals surface area contributed by atoms with Gasteiger partial charge in [-0.2, -0.15) is 11.8 Å².